The van der Waals surface area contributed by atoms with Crippen LogP contribution in [0.5, 0.6) is 0 Å². The lowest BCUT2D eigenvalue weighted by atomic mass is 10.1. The van der Waals surface area contributed by atoms with Gasteiger partial charge in [0.1, 0.15) is 0 Å². The van der Waals surface area contributed by atoms with E-state index in [0.29, 0.717) is 12.6 Å². The van der Waals surface area contributed by atoms with Gasteiger partial charge in [0.2, 0.25) is 0 Å². The topological polar surface area (TPSA) is 23.5 Å². The second kappa shape index (κ2) is 6.18. The van der Waals surface area contributed by atoms with E-state index in [-0.39, 0.29) is 0 Å². The summed E-state index contributed by atoms with van der Waals surface area (Å²) in [5, 5.41) is 8.91. The number of aliphatic hydroxyl groups is 1. The molecule has 0 spiro atoms. The van der Waals surface area contributed by atoms with Crippen LogP contribution < -0.4 is 0 Å². The molecule has 0 amide bonds. The van der Waals surface area contributed by atoms with Gasteiger partial charge in [-0.3, -0.25) is 4.90 Å². The van der Waals surface area contributed by atoms with Crippen LogP contribution in [0.25, 0.3) is 0 Å². The molecule has 1 fully saturated rings. The van der Waals surface area contributed by atoms with Gasteiger partial charge in [0, 0.05) is 19.2 Å². The molecule has 0 saturated carbocycles. The van der Waals surface area contributed by atoms with Gasteiger partial charge in [-0.15, -0.1) is 0 Å². The fourth-order valence-electron chi connectivity index (χ4n) is 2.69. The van der Waals surface area contributed by atoms with E-state index >= 15 is 0 Å². The van der Waals surface area contributed by atoms with Crippen molar-refractivity contribution in [2.75, 3.05) is 13.2 Å². The summed E-state index contributed by atoms with van der Waals surface area (Å²) < 4.78 is 0. The first kappa shape index (κ1) is 12.6. The van der Waals surface area contributed by atoms with Gasteiger partial charge in [-0.1, -0.05) is 29.8 Å². The minimum absolute atomic E-state index is 0.328. The van der Waals surface area contributed by atoms with Gasteiger partial charge in [-0.25, -0.2) is 0 Å². The summed E-state index contributed by atoms with van der Waals surface area (Å²) in [6.07, 6.45) is 4.69. The molecule has 0 radical (unpaired) electrons. The van der Waals surface area contributed by atoms with Gasteiger partial charge in [0.25, 0.3) is 0 Å². The third-order valence-corrected chi connectivity index (χ3v) is 3.70. The molecule has 0 bridgehead atoms. The van der Waals surface area contributed by atoms with E-state index in [4.69, 9.17) is 5.11 Å². The van der Waals surface area contributed by atoms with Crippen molar-refractivity contribution in [2.24, 2.45) is 0 Å². The summed E-state index contributed by atoms with van der Waals surface area (Å²) in [6, 6.07) is 9.53. The average molecular weight is 233 g/mol. The van der Waals surface area contributed by atoms with Gasteiger partial charge >= 0.3 is 0 Å². The SMILES string of the molecule is Cc1ccc(CN2CCCC2CCCO)cc1. The highest BCUT2D eigenvalue weighted by Crippen LogP contribution is 2.23. The zero-order valence-corrected chi connectivity index (χ0v) is 10.7. The Labute approximate surface area is 104 Å². The first-order valence-electron chi connectivity index (χ1n) is 6.70. The summed E-state index contributed by atoms with van der Waals surface area (Å²) in [5.41, 5.74) is 2.73. The van der Waals surface area contributed by atoms with Crippen LogP contribution in [-0.4, -0.2) is 29.2 Å². The number of aryl methyl sites for hydroxylation is 1. The minimum atomic E-state index is 0.328. The Morgan fingerprint density at radius 1 is 1.29 bits per heavy atom. The molecule has 0 aliphatic carbocycles. The van der Waals surface area contributed by atoms with Crippen molar-refractivity contribution in [3.63, 3.8) is 0 Å². The van der Waals surface area contributed by atoms with Crippen LogP contribution in [0.4, 0.5) is 0 Å². The molecule has 1 saturated heterocycles. The van der Waals surface area contributed by atoms with Crippen LogP contribution in [0.1, 0.15) is 36.8 Å². The van der Waals surface area contributed by atoms with Crippen LogP contribution in [0.15, 0.2) is 24.3 Å². The molecule has 94 valence electrons. The Hall–Kier alpha value is -0.860. The number of nitrogens with zero attached hydrogens (tertiary/aromatic N) is 1. The van der Waals surface area contributed by atoms with Gasteiger partial charge in [0.05, 0.1) is 0 Å². The van der Waals surface area contributed by atoms with Crippen molar-refractivity contribution in [1.82, 2.24) is 4.90 Å². The lowest BCUT2D eigenvalue weighted by Gasteiger charge is -2.24. The molecule has 0 aromatic heterocycles. The second-order valence-electron chi connectivity index (χ2n) is 5.12. The minimum Gasteiger partial charge on any atom is -0.396 e. The molecule has 1 N–H and O–H groups in total. The predicted octanol–water partition coefficient (Wildman–Crippen LogP) is 2.73. The summed E-state index contributed by atoms with van der Waals surface area (Å²) in [5.74, 6) is 0. The molecule has 1 aromatic carbocycles. The number of aliphatic hydroxyl groups excluding tert-OH is 1. The van der Waals surface area contributed by atoms with E-state index in [1.165, 1.54) is 30.5 Å². The summed E-state index contributed by atoms with van der Waals surface area (Å²) >= 11 is 0. The second-order valence-corrected chi connectivity index (χ2v) is 5.12. The van der Waals surface area contributed by atoms with E-state index in [2.05, 4.69) is 36.1 Å². The molecule has 2 heteroatoms. The summed E-state index contributed by atoms with van der Waals surface area (Å²) in [4.78, 5) is 2.57. The standard InChI is InChI=1S/C15H23NO/c1-13-6-8-14(9-7-13)12-16-10-2-4-15(16)5-3-11-17/h6-9,15,17H,2-5,10-12H2,1H3. The fourth-order valence-corrected chi connectivity index (χ4v) is 2.69. The van der Waals surface area contributed by atoms with Crippen LogP contribution in [0.3, 0.4) is 0 Å². The first-order chi connectivity index (χ1) is 8.29. The van der Waals surface area contributed by atoms with Crippen molar-refractivity contribution >= 4 is 0 Å². The molecule has 17 heavy (non-hydrogen) atoms. The lowest BCUT2D eigenvalue weighted by Crippen LogP contribution is -2.29. The van der Waals surface area contributed by atoms with Gasteiger partial charge in [0.15, 0.2) is 0 Å². The third-order valence-electron chi connectivity index (χ3n) is 3.70. The Morgan fingerprint density at radius 2 is 2.06 bits per heavy atom. The number of rotatable bonds is 5. The van der Waals surface area contributed by atoms with Gasteiger partial charge in [-0.05, 0) is 44.7 Å². The Balaban J connectivity index is 1.90. The highest BCUT2D eigenvalue weighted by molar-refractivity contribution is 5.21. The summed E-state index contributed by atoms with van der Waals surface area (Å²) in [7, 11) is 0. The average Bonchev–Trinajstić information content (AvgIpc) is 2.77. The Morgan fingerprint density at radius 3 is 2.76 bits per heavy atom. The van der Waals surface area contributed by atoms with Crippen molar-refractivity contribution in [2.45, 2.75) is 45.2 Å². The van der Waals surface area contributed by atoms with E-state index < -0.39 is 0 Å². The molecule has 1 atom stereocenters. The van der Waals surface area contributed by atoms with Crippen LogP contribution >= 0.6 is 0 Å². The van der Waals surface area contributed by atoms with E-state index in [1.54, 1.807) is 0 Å². The molecule has 1 aliphatic rings. The Bertz CT molecular complexity index is 333. The van der Waals surface area contributed by atoms with Gasteiger partial charge < -0.3 is 5.11 Å². The lowest BCUT2D eigenvalue weighted by molar-refractivity contribution is 0.210. The number of hydrogen-bond acceptors (Lipinski definition) is 2. The molecular formula is C15H23NO. The Kier molecular flexibility index (Phi) is 4.57. The summed E-state index contributed by atoms with van der Waals surface area (Å²) in [6.45, 7) is 4.74. The maximum atomic E-state index is 8.91. The molecule has 2 nitrogen and oxygen atoms in total. The van der Waals surface area contributed by atoms with E-state index in [0.717, 1.165) is 19.4 Å². The fraction of sp³-hybridized carbons (Fsp3) is 0.600. The molecule has 2 rings (SSSR count). The van der Waals surface area contributed by atoms with Crippen molar-refractivity contribution in [3.05, 3.63) is 35.4 Å². The largest absolute Gasteiger partial charge is 0.396 e. The number of benzene rings is 1. The van der Waals surface area contributed by atoms with Crippen LogP contribution in [0, 0.1) is 6.92 Å². The quantitative estimate of drug-likeness (QED) is 0.845. The van der Waals surface area contributed by atoms with Crippen molar-refractivity contribution < 1.29 is 5.11 Å². The molecule has 1 unspecified atom stereocenters. The number of hydrogen-bond donors (Lipinski definition) is 1. The van der Waals surface area contributed by atoms with Gasteiger partial charge in [-0.2, -0.15) is 0 Å². The maximum absolute atomic E-state index is 8.91. The molecular weight excluding hydrogens is 210 g/mol. The maximum Gasteiger partial charge on any atom is 0.0431 e. The monoisotopic (exact) mass is 233 g/mol. The molecule has 1 aliphatic heterocycles. The molecule has 1 heterocycles. The zero-order valence-electron chi connectivity index (χ0n) is 10.7. The van der Waals surface area contributed by atoms with E-state index in [1.807, 2.05) is 0 Å². The molecule has 1 aromatic rings. The highest BCUT2D eigenvalue weighted by Gasteiger charge is 2.23. The van der Waals surface area contributed by atoms with Crippen molar-refractivity contribution in [1.29, 1.82) is 0 Å². The van der Waals surface area contributed by atoms with Crippen LogP contribution in [-0.2, 0) is 6.54 Å². The van der Waals surface area contributed by atoms with Crippen molar-refractivity contribution in [3.8, 4) is 0 Å². The van der Waals surface area contributed by atoms with Crippen LogP contribution in [0.2, 0.25) is 0 Å². The number of likely N-dealkylation sites (tertiary alicyclic amines) is 1. The normalized spacial score (nSPS) is 20.9. The van der Waals surface area contributed by atoms with E-state index in [9.17, 15) is 0 Å². The smallest absolute Gasteiger partial charge is 0.0431 e. The third kappa shape index (κ3) is 3.55. The highest BCUT2D eigenvalue weighted by atomic mass is 16.2. The first-order valence-corrected chi connectivity index (χ1v) is 6.70. The zero-order chi connectivity index (χ0) is 12.1. The predicted molar refractivity (Wildman–Crippen MR) is 70.9 cm³/mol.